The van der Waals surface area contributed by atoms with Gasteiger partial charge in [-0.2, -0.15) is 0 Å². The maximum atomic E-state index is 6.07. The highest BCUT2D eigenvalue weighted by Gasteiger charge is 2.29. The number of oxazole rings is 1. The van der Waals surface area contributed by atoms with Crippen molar-refractivity contribution < 1.29 is 4.42 Å². The molecule has 1 aromatic carbocycles. The van der Waals surface area contributed by atoms with Crippen LogP contribution in [0.4, 0.5) is 0 Å². The molecule has 0 spiro atoms. The van der Waals surface area contributed by atoms with E-state index in [1.54, 1.807) is 0 Å². The minimum absolute atomic E-state index is 0.216. The Morgan fingerprint density at radius 1 is 1.50 bits per heavy atom. The van der Waals surface area contributed by atoms with E-state index < -0.39 is 0 Å². The first kappa shape index (κ1) is 9.85. The molecular weight excluding hydrogens is 200 g/mol. The van der Waals surface area contributed by atoms with E-state index in [0.29, 0.717) is 5.92 Å². The Balaban J connectivity index is 1.89. The van der Waals surface area contributed by atoms with E-state index in [4.69, 9.17) is 10.2 Å². The summed E-state index contributed by atoms with van der Waals surface area (Å²) in [7, 11) is 0. The lowest BCUT2D eigenvalue weighted by molar-refractivity contribution is 0.475. The Kier molecular flexibility index (Phi) is 2.21. The van der Waals surface area contributed by atoms with Gasteiger partial charge in [0.25, 0.3) is 0 Å². The van der Waals surface area contributed by atoms with Crippen molar-refractivity contribution in [2.24, 2.45) is 11.7 Å². The fourth-order valence-electron chi connectivity index (χ4n) is 2.11. The third-order valence-electron chi connectivity index (χ3n) is 3.30. The first-order valence-corrected chi connectivity index (χ1v) is 5.84. The molecule has 1 atom stereocenters. The monoisotopic (exact) mass is 216 g/mol. The summed E-state index contributed by atoms with van der Waals surface area (Å²) >= 11 is 0. The molecule has 1 saturated carbocycles. The molecule has 0 saturated heterocycles. The van der Waals surface area contributed by atoms with E-state index in [1.165, 1.54) is 12.8 Å². The van der Waals surface area contributed by atoms with Gasteiger partial charge in [-0.25, -0.2) is 4.98 Å². The van der Waals surface area contributed by atoms with E-state index >= 15 is 0 Å². The molecule has 1 aromatic heterocycles. The SMILES string of the molecule is Cc1cccc2oc(CC(N)C3CC3)nc12. The van der Waals surface area contributed by atoms with Crippen molar-refractivity contribution in [1.82, 2.24) is 4.98 Å². The van der Waals surface area contributed by atoms with E-state index in [2.05, 4.69) is 18.0 Å². The van der Waals surface area contributed by atoms with Crippen molar-refractivity contribution in [1.29, 1.82) is 0 Å². The van der Waals surface area contributed by atoms with Crippen molar-refractivity contribution in [2.75, 3.05) is 0 Å². The van der Waals surface area contributed by atoms with Crippen LogP contribution in [0.25, 0.3) is 11.1 Å². The van der Waals surface area contributed by atoms with Crippen LogP contribution in [0.1, 0.15) is 24.3 Å². The van der Waals surface area contributed by atoms with Crippen molar-refractivity contribution >= 4 is 11.1 Å². The van der Waals surface area contributed by atoms with Gasteiger partial charge in [0.1, 0.15) is 5.52 Å². The van der Waals surface area contributed by atoms with Gasteiger partial charge in [0.15, 0.2) is 11.5 Å². The normalized spacial score (nSPS) is 17.9. The van der Waals surface area contributed by atoms with Crippen LogP contribution >= 0.6 is 0 Å². The van der Waals surface area contributed by atoms with Crippen LogP contribution in [0.2, 0.25) is 0 Å². The van der Waals surface area contributed by atoms with Crippen LogP contribution < -0.4 is 5.73 Å². The van der Waals surface area contributed by atoms with Crippen molar-refractivity contribution in [3.05, 3.63) is 29.7 Å². The van der Waals surface area contributed by atoms with Gasteiger partial charge in [-0.1, -0.05) is 12.1 Å². The molecule has 1 heterocycles. The molecule has 1 unspecified atom stereocenters. The zero-order valence-corrected chi connectivity index (χ0v) is 9.44. The summed E-state index contributed by atoms with van der Waals surface area (Å²) in [5, 5.41) is 0. The predicted octanol–water partition coefficient (Wildman–Crippen LogP) is 2.42. The molecule has 0 amide bonds. The minimum Gasteiger partial charge on any atom is -0.441 e. The van der Waals surface area contributed by atoms with E-state index in [9.17, 15) is 0 Å². The molecule has 2 N–H and O–H groups in total. The van der Waals surface area contributed by atoms with Crippen molar-refractivity contribution in [3.8, 4) is 0 Å². The molecule has 2 aromatic rings. The molecule has 3 nitrogen and oxygen atoms in total. The topological polar surface area (TPSA) is 52.0 Å². The van der Waals surface area contributed by atoms with Gasteiger partial charge in [-0.05, 0) is 37.3 Å². The molecular formula is C13H16N2O. The third-order valence-corrected chi connectivity index (χ3v) is 3.30. The Labute approximate surface area is 94.7 Å². The summed E-state index contributed by atoms with van der Waals surface area (Å²) in [6.07, 6.45) is 3.29. The highest BCUT2D eigenvalue weighted by atomic mass is 16.3. The number of aryl methyl sites for hydroxylation is 1. The van der Waals surface area contributed by atoms with Gasteiger partial charge in [-0.15, -0.1) is 0 Å². The summed E-state index contributed by atoms with van der Waals surface area (Å²) in [6, 6.07) is 6.22. The van der Waals surface area contributed by atoms with Crippen LogP contribution in [0.3, 0.4) is 0 Å². The van der Waals surface area contributed by atoms with Crippen LogP contribution in [0, 0.1) is 12.8 Å². The lowest BCUT2D eigenvalue weighted by Gasteiger charge is -2.05. The van der Waals surface area contributed by atoms with Crippen molar-refractivity contribution in [2.45, 2.75) is 32.2 Å². The maximum Gasteiger partial charge on any atom is 0.197 e. The van der Waals surface area contributed by atoms with Gasteiger partial charge in [0.2, 0.25) is 0 Å². The van der Waals surface area contributed by atoms with Crippen LogP contribution in [0.15, 0.2) is 22.6 Å². The highest BCUT2D eigenvalue weighted by molar-refractivity contribution is 5.76. The number of fused-ring (bicyclic) bond motifs is 1. The van der Waals surface area contributed by atoms with E-state index in [1.807, 2.05) is 12.1 Å². The third kappa shape index (κ3) is 1.71. The first-order chi connectivity index (χ1) is 7.74. The summed E-state index contributed by atoms with van der Waals surface area (Å²) in [5.41, 5.74) is 9.08. The fourth-order valence-corrected chi connectivity index (χ4v) is 2.11. The van der Waals surface area contributed by atoms with Gasteiger partial charge in [0, 0.05) is 12.5 Å². The molecule has 3 heteroatoms. The van der Waals surface area contributed by atoms with Gasteiger partial charge in [-0.3, -0.25) is 0 Å². The highest BCUT2D eigenvalue weighted by Crippen LogP contribution is 2.33. The van der Waals surface area contributed by atoms with Crippen LogP contribution in [-0.4, -0.2) is 11.0 Å². The molecule has 0 aliphatic heterocycles. The van der Waals surface area contributed by atoms with Crippen LogP contribution in [0.5, 0.6) is 0 Å². The van der Waals surface area contributed by atoms with Gasteiger partial charge >= 0.3 is 0 Å². The number of hydrogen-bond acceptors (Lipinski definition) is 3. The molecule has 3 rings (SSSR count). The Hall–Kier alpha value is -1.35. The quantitative estimate of drug-likeness (QED) is 0.857. The van der Waals surface area contributed by atoms with E-state index in [-0.39, 0.29) is 6.04 Å². The summed E-state index contributed by atoms with van der Waals surface area (Å²) in [4.78, 5) is 4.52. The largest absolute Gasteiger partial charge is 0.441 e. The summed E-state index contributed by atoms with van der Waals surface area (Å²) in [6.45, 7) is 2.05. The Morgan fingerprint density at radius 3 is 3.00 bits per heavy atom. The number of rotatable bonds is 3. The summed E-state index contributed by atoms with van der Waals surface area (Å²) in [5.74, 6) is 1.47. The van der Waals surface area contributed by atoms with Gasteiger partial charge in [0.05, 0.1) is 0 Å². The second-order valence-corrected chi connectivity index (χ2v) is 4.73. The molecule has 84 valence electrons. The Bertz CT molecular complexity index is 514. The fraction of sp³-hybridized carbons (Fsp3) is 0.462. The zero-order chi connectivity index (χ0) is 11.1. The summed E-state index contributed by atoms with van der Waals surface area (Å²) < 4.78 is 5.71. The minimum atomic E-state index is 0.216. The predicted molar refractivity (Wildman–Crippen MR) is 63.1 cm³/mol. The molecule has 1 aliphatic rings. The average Bonchev–Trinajstić information content (AvgIpc) is 3.01. The number of aromatic nitrogens is 1. The molecule has 1 fully saturated rings. The van der Waals surface area contributed by atoms with Crippen LogP contribution in [-0.2, 0) is 6.42 Å². The standard InChI is InChI=1S/C13H16N2O/c1-8-3-2-4-11-13(8)15-12(16-11)7-10(14)9-5-6-9/h2-4,9-10H,5-7,14H2,1H3. The molecule has 1 aliphatic carbocycles. The number of benzene rings is 1. The molecule has 16 heavy (non-hydrogen) atoms. The van der Waals surface area contributed by atoms with Crippen molar-refractivity contribution in [3.63, 3.8) is 0 Å². The first-order valence-electron chi connectivity index (χ1n) is 5.84. The number of hydrogen-bond donors (Lipinski definition) is 1. The smallest absolute Gasteiger partial charge is 0.197 e. The Morgan fingerprint density at radius 2 is 2.31 bits per heavy atom. The number of nitrogens with two attached hydrogens (primary N) is 1. The number of nitrogens with zero attached hydrogens (tertiary/aromatic N) is 1. The maximum absolute atomic E-state index is 6.07. The second-order valence-electron chi connectivity index (χ2n) is 4.73. The molecule has 0 radical (unpaired) electrons. The average molecular weight is 216 g/mol. The second kappa shape index (κ2) is 3.59. The lowest BCUT2D eigenvalue weighted by atomic mass is 10.1. The molecule has 0 bridgehead atoms. The van der Waals surface area contributed by atoms with E-state index in [0.717, 1.165) is 29.0 Å². The number of para-hydroxylation sites is 1. The zero-order valence-electron chi connectivity index (χ0n) is 9.44. The van der Waals surface area contributed by atoms with Gasteiger partial charge < -0.3 is 10.2 Å². The lowest BCUT2D eigenvalue weighted by Crippen LogP contribution is -2.25.